The largest absolute Gasteiger partial charge is 0.369 e. The molecule has 3 aromatic rings. The van der Waals surface area contributed by atoms with Gasteiger partial charge in [-0.25, -0.2) is 9.97 Å². The number of anilines is 1. The highest BCUT2D eigenvalue weighted by atomic mass is 15.0. The number of para-hydroxylation sites is 1. The van der Waals surface area contributed by atoms with Gasteiger partial charge in [0.2, 0.25) is 0 Å². The highest BCUT2D eigenvalue weighted by molar-refractivity contribution is 5.90. The Labute approximate surface area is 136 Å². The summed E-state index contributed by atoms with van der Waals surface area (Å²) >= 11 is 0. The Bertz CT molecular complexity index is 813. The summed E-state index contributed by atoms with van der Waals surface area (Å²) in [5.41, 5.74) is 2.05. The van der Waals surface area contributed by atoms with E-state index in [-0.39, 0.29) is 0 Å². The van der Waals surface area contributed by atoms with Crippen molar-refractivity contribution in [2.24, 2.45) is 11.8 Å². The van der Waals surface area contributed by atoms with Crippen LogP contribution in [0, 0.1) is 11.8 Å². The third-order valence-corrected chi connectivity index (χ3v) is 4.76. The summed E-state index contributed by atoms with van der Waals surface area (Å²) in [6.07, 6.45) is 2.63. The van der Waals surface area contributed by atoms with E-state index in [1.165, 1.54) is 12.8 Å². The van der Waals surface area contributed by atoms with Crippen LogP contribution in [0.1, 0.15) is 19.8 Å². The van der Waals surface area contributed by atoms with Crippen LogP contribution < -0.4 is 5.32 Å². The summed E-state index contributed by atoms with van der Waals surface area (Å²) in [6, 6.07) is 18.4. The molecule has 1 aliphatic carbocycles. The molecule has 0 bridgehead atoms. The molecule has 1 N–H and O–H groups in total. The second kappa shape index (κ2) is 5.99. The van der Waals surface area contributed by atoms with Crippen molar-refractivity contribution in [2.75, 3.05) is 11.9 Å². The molecule has 1 fully saturated rings. The molecule has 116 valence electrons. The zero-order valence-electron chi connectivity index (χ0n) is 13.4. The molecular weight excluding hydrogens is 282 g/mol. The first-order chi connectivity index (χ1) is 11.3. The molecule has 1 aliphatic rings. The summed E-state index contributed by atoms with van der Waals surface area (Å²) in [4.78, 5) is 9.53. The maximum Gasteiger partial charge on any atom is 0.162 e. The van der Waals surface area contributed by atoms with Crippen molar-refractivity contribution < 1.29 is 0 Å². The van der Waals surface area contributed by atoms with E-state index in [1.807, 2.05) is 30.3 Å². The predicted octanol–water partition coefficient (Wildman–Crippen LogP) is 4.75. The highest BCUT2D eigenvalue weighted by Gasteiger charge is 2.34. The van der Waals surface area contributed by atoms with Gasteiger partial charge in [0.25, 0.3) is 0 Å². The van der Waals surface area contributed by atoms with Crippen molar-refractivity contribution in [3.8, 4) is 11.4 Å². The topological polar surface area (TPSA) is 37.8 Å². The standard InChI is InChI=1S/C20H21N3/c1-2-14-12-16(14)13-21-20-17-10-6-7-11-18(17)22-19(23-20)15-8-4-3-5-9-15/h3-11,14,16H,2,12-13H2,1H3,(H,21,22,23)/t14-,16+/m1/s1. The normalized spacial score (nSPS) is 19.7. The van der Waals surface area contributed by atoms with Crippen LogP contribution in [0.2, 0.25) is 0 Å². The van der Waals surface area contributed by atoms with Gasteiger partial charge in [-0.1, -0.05) is 55.8 Å². The van der Waals surface area contributed by atoms with E-state index in [0.717, 1.165) is 46.5 Å². The minimum Gasteiger partial charge on any atom is -0.369 e. The Hall–Kier alpha value is -2.42. The highest BCUT2D eigenvalue weighted by Crippen LogP contribution is 2.41. The number of hydrogen-bond acceptors (Lipinski definition) is 3. The zero-order chi connectivity index (χ0) is 15.6. The number of aromatic nitrogens is 2. The molecule has 2 aromatic carbocycles. The van der Waals surface area contributed by atoms with Gasteiger partial charge in [0.1, 0.15) is 5.82 Å². The fourth-order valence-corrected chi connectivity index (χ4v) is 3.22. The third kappa shape index (κ3) is 2.91. The van der Waals surface area contributed by atoms with Crippen LogP contribution >= 0.6 is 0 Å². The minimum atomic E-state index is 0.787. The van der Waals surface area contributed by atoms with Gasteiger partial charge in [0, 0.05) is 17.5 Å². The Morgan fingerprint density at radius 2 is 1.74 bits per heavy atom. The molecule has 3 heteroatoms. The van der Waals surface area contributed by atoms with Gasteiger partial charge < -0.3 is 5.32 Å². The first kappa shape index (κ1) is 14.2. The molecule has 23 heavy (non-hydrogen) atoms. The van der Waals surface area contributed by atoms with Gasteiger partial charge in [0.15, 0.2) is 5.82 Å². The average Bonchev–Trinajstić information content (AvgIpc) is 3.39. The van der Waals surface area contributed by atoms with Crippen LogP contribution in [-0.4, -0.2) is 16.5 Å². The molecule has 0 unspecified atom stereocenters. The lowest BCUT2D eigenvalue weighted by molar-refractivity contribution is 0.701. The molecule has 1 aromatic heterocycles. The van der Waals surface area contributed by atoms with Crippen LogP contribution in [0.25, 0.3) is 22.3 Å². The quantitative estimate of drug-likeness (QED) is 0.739. The second-order valence-electron chi connectivity index (χ2n) is 6.32. The number of nitrogens with zero attached hydrogens (tertiary/aromatic N) is 2. The monoisotopic (exact) mass is 303 g/mol. The number of benzene rings is 2. The number of rotatable bonds is 5. The van der Waals surface area contributed by atoms with Gasteiger partial charge in [-0.05, 0) is 30.4 Å². The van der Waals surface area contributed by atoms with Crippen LogP contribution in [0.3, 0.4) is 0 Å². The first-order valence-electron chi connectivity index (χ1n) is 8.41. The summed E-state index contributed by atoms with van der Waals surface area (Å²) < 4.78 is 0. The van der Waals surface area contributed by atoms with E-state index in [4.69, 9.17) is 9.97 Å². The molecule has 2 atom stereocenters. The van der Waals surface area contributed by atoms with Gasteiger partial charge >= 0.3 is 0 Å². The van der Waals surface area contributed by atoms with Gasteiger partial charge in [-0.3, -0.25) is 0 Å². The number of fused-ring (bicyclic) bond motifs is 1. The molecule has 1 heterocycles. The SMILES string of the molecule is CC[C@@H]1C[C@H]1CNc1nc(-c2ccccc2)nc2ccccc12. The van der Waals surface area contributed by atoms with Crippen molar-refractivity contribution in [1.29, 1.82) is 0 Å². The molecule has 0 radical (unpaired) electrons. The lowest BCUT2D eigenvalue weighted by Gasteiger charge is -2.11. The fraction of sp³-hybridized carbons (Fsp3) is 0.300. The van der Waals surface area contributed by atoms with Gasteiger partial charge in [-0.2, -0.15) is 0 Å². The molecule has 4 rings (SSSR count). The Balaban J connectivity index is 1.69. The molecule has 0 amide bonds. The maximum absolute atomic E-state index is 4.80. The van der Waals surface area contributed by atoms with Crippen LogP contribution in [0.4, 0.5) is 5.82 Å². The van der Waals surface area contributed by atoms with E-state index in [2.05, 4.69) is 36.5 Å². The summed E-state index contributed by atoms with van der Waals surface area (Å²) in [7, 11) is 0. The van der Waals surface area contributed by atoms with Crippen molar-refractivity contribution in [3.63, 3.8) is 0 Å². The molecular formula is C20H21N3. The predicted molar refractivity (Wildman–Crippen MR) is 95.4 cm³/mol. The lowest BCUT2D eigenvalue weighted by Crippen LogP contribution is -2.08. The summed E-state index contributed by atoms with van der Waals surface area (Å²) in [5.74, 6) is 3.43. The first-order valence-corrected chi connectivity index (χ1v) is 8.41. The summed E-state index contributed by atoms with van der Waals surface area (Å²) in [5, 5.41) is 4.67. The van der Waals surface area contributed by atoms with Crippen LogP contribution in [0.15, 0.2) is 54.6 Å². The molecule has 1 saturated carbocycles. The lowest BCUT2D eigenvalue weighted by atomic mass is 10.2. The van der Waals surface area contributed by atoms with Crippen LogP contribution in [0.5, 0.6) is 0 Å². The van der Waals surface area contributed by atoms with E-state index in [0.29, 0.717) is 0 Å². The third-order valence-electron chi connectivity index (χ3n) is 4.76. The average molecular weight is 303 g/mol. The van der Waals surface area contributed by atoms with E-state index in [9.17, 15) is 0 Å². The Kier molecular flexibility index (Phi) is 3.70. The summed E-state index contributed by atoms with van der Waals surface area (Å²) in [6.45, 7) is 3.28. The number of hydrogen-bond donors (Lipinski definition) is 1. The zero-order valence-corrected chi connectivity index (χ0v) is 13.4. The van der Waals surface area contributed by atoms with E-state index < -0.39 is 0 Å². The van der Waals surface area contributed by atoms with Crippen molar-refractivity contribution in [1.82, 2.24) is 9.97 Å². The van der Waals surface area contributed by atoms with Gasteiger partial charge in [0.05, 0.1) is 5.52 Å². The molecule has 3 nitrogen and oxygen atoms in total. The van der Waals surface area contributed by atoms with Crippen molar-refractivity contribution in [2.45, 2.75) is 19.8 Å². The molecule has 0 aliphatic heterocycles. The Morgan fingerprint density at radius 3 is 2.52 bits per heavy atom. The van der Waals surface area contributed by atoms with E-state index in [1.54, 1.807) is 0 Å². The van der Waals surface area contributed by atoms with Crippen molar-refractivity contribution in [3.05, 3.63) is 54.6 Å². The molecule has 0 spiro atoms. The van der Waals surface area contributed by atoms with Gasteiger partial charge in [-0.15, -0.1) is 0 Å². The molecule has 0 saturated heterocycles. The smallest absolute Gasteiger partial charge is 0.162 e. The minimum absolute atomic E-state index is 0.787. The van der Waals surface area contributed by atoms with Crippen molar-refractivity contribution >= 4 is 16.7 Å². The Morgan fingerprint density at radius 1 is 0.957 bits per heavy atom. The fourth-order valence-electron chi connectivity index (χ4n) is 3.22. The van der Waals surface area contributed by atoms with Crippen LogP contribution in [-0.2, 0) is 0 Å². The van der Waals surface area contributed by atoms with E-state index >= 15 is 0 Å². The number of nitrogens with one attached hydrogen (secondary N) is 1. The maximum atomic E-state index is 4.80. The second-order valence-corrected chi connectivity index (χ2v) is 6.32.